The Balaban J connectivity index is 1.20. The molecule has 0 unspecified atom stereocenters. The number of carboxylic acid groups (broad SMARTS) is 1. The number of rotatable bonds is 5. The topological polar surface area (TPSA) is 77.0 Å². The number of hydrogen-bond donors (Lipinski definition) is 1. The van der Waals surface area contributed by atoms with Crippen LogP contribution in [0.3, 0.4) is 0 Å². The number of nitrogens with zero attached hydrogens (tertiary/aromatic N) is 4. The maximum Gasteiger partial charge on any atom is 0.354 e. The quantitative estimate of drug-likeness (QED) is 0.577. The minimum absolute atomic E-state index is 0.0461. The Labute approximate surface area is 209 Å². The van der Waals surface area contributed by atoms with Crippen molar-refractivity contribution >= 4 is 44.6 Å². The number of fused-ring (bicyclic) bond motifs is 1. The highest BCUT2D eigenvalue weighted by atomic mass is 32.1. The van der Waals surface area contributed by atoms with Crippen LogP contribution in [0, 0.1) is 0 Å². The van der Waals surface area contributed by atoms with E-state index in [9.17, 15) is 9.59 Å². The number of carbonyl (C=O) groups excluding carboxylic acids is 1. The molecule has 1 aromatic carbocycles. The zero-order chi connectivity index (χ0) is 24.5. The van der Waals surface area contributed by atoms with Crippen LogP contribution in [0.5, 0.6) is 0 Å². The fraction of sp³-hybridized carbons (Fsp3) is 0.370. The van der Waals surface area contributed by atoms with Gasteiger partial charge in [0.15, 0.2) is 0 Å². The van der Waals surface area contributed by atoms with Gasteiger partial charge in [-0.25, -0.2) is 9.78 Å². The molecule has 0 bridgehead atoms. The van der Waals surface area contributed by atoms with Crippen molar-refractivity contribution in [2.24, 2.45) is 0 Å². The first-order chi connectivity index (χ1) is 16.9. The zero-order valence-electron chi connectivity index (χ0n) is 20.1. The molecule has 0 saturated carbocycles. The number of aromatic carboxylic acids is 1. The number of carboxylic acids is 1. The minimum Gasteiger partial charge on any atom is -0.477 e. The Morgan fingerprint density at radius 3 is 2.57 bits per heavy atom. The van der Waals surface area contributed by atoms with E-state index < -0.39 is 5.97 Å². The minimum atomic E-state index is -1.02. The monoisotopic (exact) mass is 490 g/mol. The van der Waals surface area contributed by atoms with Gasteiger partial charge in [0, 0.05) is 43.0 Å². The molecule has 1 N–H and O–H groups in total. The average molecular weight is 491 g/mol. The molecule has 0 spiro atoms. The molecule has 1 saturated heterocycles. The van der Waals surface area contributed by atoms with Crippen LogP contribution in [0.4, 0.5) is 5.69 Å². The normalized spacial score (nSPS) is 21.3. The van der Waals surface area contributed by atoms with E-state index >= 15 is 0 Å². The van der Waals surface area contributed by atoms with Gasteiger partial charge in [-0.1, -0.05) is 18.2 Å². The average Bonchev–Trinajstić information content (AvgIpc) is 3.35. The summed E-state index contributed by atoms with van der Waals surface area (Å²) in [6, 6.07) is 12.4. The molecule has 2 aliphatic heterocycles. The van der Waals surface area contributed by atoms with Gasteiger partial charge in [0.05, 0.1) is 18.4 Å². The lowest BCUT2D eigenvalue weighted by Gasteiger charge is -2.45. The maximum atomic E-state index is 13.2. The van der Waals surface area contributed by atoms with E-state index in [0.717, 1.165) is 31.7 Å². The Morgan fingerprint density at radius 1 is 1.11 bits per heavy atom. The van der Waals surface area contributed by atoms with Crippen molar-refractivity contribution in [3.8, 4) is 0 Å². The molecular weight excluding hydrogens is 460 g/mol. The van der Waals surface area contributed by atoms with Gasteiger partial charge in [-0.2, -0.15) is 0 Å². The fourth-order valence-corrected chi connectivity index (χ4v) is 6.06. The summed E-state index contributed by atoms with van der Waals surface area (Å²) in [5.41, 5.74) is 3.58. The first-order valence-electron chi connectivity index (χ1n) is 12.0. The van der Waals surface area contributed by atoms with Gasteiger partial charge in [0.25, 0.3) is 0 Å². The molecule has 5 rings (SSSR count). The number of thiophene rings is 1. The molecule has 4 heterocycles. The van der Waals surface area contributed by atoms with Crippen LogP contribution in [0.15, 0.2) is 54.1 Å². The predicted molar refractivity (Wildman–Crippen MR) is 140 cm³/mol. The zero-order valence-corrected chi connectivity index (χ0v) is 20.9. The maximum absolute atomic E-state index is 13.2. The number of hydrogen-bond acceptors (Lipinski definition) is 6. The summed E-state index contributed by atoms with van der Waals surface area (Å²) in [7, 11) is 0. The highest BCUT2D eigenvalue weighted by Gasteiger charge is 2.32. The Bertz CT molecular complexity index is 1260. The number of amides is 1. The van der Waals surface area contributed by atoms with Crippen LogP contribution in [0.25, 0.3) is 15.7 Å². The lowest BCUT2D eigenvalue weighted by molar-refractivity contribution is -0.133. The van der Waals surface area contributed by atoms with E-state index in [0.29, 0.717) is 13.1 Å². The van der Waals surface area contributed by atoms with E-state index in [-0.39, 0.29) is 23.7 Å². The second-order valence-corrected chi connectivity index (χ2v) is 10.4. The van der Waals surface area contributed by atoms with Gasteiger partial charge < -0.3 is 14.9 Å². The van der Waals surface area contributed by atoms with Crippen molar-refractivity contribution in [2.45, 2.75) is 32.4 Å². The van der Waals surface area contributed by atoms with E-state index in [2.05, 4.69) is 64.4 Å². The first-order valence-corrected chi connectivity index (χ1v) is 12.9. The third-order valence-corrected chi connectivity index (χ3v) is 8.04. The van der Waals surface area contributed by atoms with E-state index in [1.807, 2.05) is 11.0 Å². The van der Waals surface area contributed by atoms with Crippen molar-refractivity contribution in [3.05, 3.63) is 65.3 Å². The van der Waals surface area contributed by atoms with Gasteiger partial charge in [-0.05, 0) is 66.4 Å². The van der Waals surface area contributed by atoms with Crippen molar-refractivity contribution in [1.82, 2.24) is 14.8 Å². The smallest absolute Gasteiger partial charge is 0.354 e. The SMILES string of the molecule is C[C@@H]1CN(c2ccc(C(=O)O)nc2)C[C@H](C)N1CC(=O)N1CC=C(c2cccc3sccc23)CC1. The van der Waals surface area contributed by atoms with Crippen LogP contribution in [-0.2, 0) is 4.79 Å². The van der Waals surface area contributed by atoms with E-state index in [1.54, 1.807) is 23.6 Å². The third kappa shape index (κ3) is 4.81. The van der Waals surface area contributed by atoms with Gasteiger partial charge >= 0.3 is 5.97 Å². The van der Waals surface area contributed by atoms with Crippen molar-refractivity contribution in [1.29, 1.82) is 0 Å². The van der Waals surface area contributed by atoms with Crippen LogP contribution in [0.1, 0.15) is 36.3 Å². The van der Waals surface area contributed by atoms with Gasteiger partial charge in [0.2, 0.25) is 5.91 Å². The summed E-state index contributed by atoms with van der Waals surface area (Å²) in [6.07, 6.45) is 4.71. The number of carbonyl (C=O) groups is 2. The van der Waals surface area contributed by atoms with Crippen LogP contribution < -0.4 is 4.90 Å². The predicted octanol–water partition coefficient (Wildman–Crippen LogP) is 4.21. The molecule has 1 fully saturated rings. The molecular formula is C27H30N4O3S. The highest BCUT2D eigenvalue weighted by molar-refractivity contribution is 7.17. The Kier molecular flexibility index (Phi) is 6.58. The summed E-state index contributed by atoms with van der Waals surface area (Å²) in [4.78, 5) is 34.8. The molecule has 182 valence electrons. The molecule has 2 aromatic heterocycles. The molecule has 2 aliphatic rings. The third-order valence-electron chi connectivity index (χ3n) is 7.16. The van der Waals surface area contributed by atoms with E-state index in [4.69, 9.17) is 5.11 Å². The number of anilines is 1. The van der Waals surface area contributed by atoms with Crippen LogP contribution in [-0.4, -0.2) is 76.6 Å². The summed E-state index contributed by atoms with van der Waals surface area (Å²) < 4.78 is 1.30. The molecule has 2 atom stereocenters. The second-order valence-electron chi connectivity index (χ2n) is 9.44. The molecule has 8 heteroatoms. The first kappa shape index (κ1) is 23.5. The number of piperazine rings is 1. The summed E-state index contributed by atoms with van der Waals surface area (Å²) in [6.45, 7) is 7.63. The van der Waals surface area contributed by atoms with Crippen molar-refractivity contribution in [2.75, 3.05) is 37.6 Å². The Morgan fingerprint density at radius 2 is 1.91 bits per heavy atom. The standard InChI is InChI=1S/C27H30N4O3S/c1-18-15-30(21-6-7-24(27(33)34)28-14-21)16-19(2)31(18)17-26(32)29-11-8-20(9-12-29)22-4-3-5-25-23(22)10-13-35-25/h3-8,10,13-14,18-19H,9,11-12,15-17H2,1-2H3,(H,33,34)/t18-,19+. The molecule has 1 amide bonds. The van der Waals surface area contributed by atoms with Gasteiger partial charge in [0.1, 0.15) is 5.69 Å². The summed E-state index contributed by atoms with van der Waals surface area (Å²) in [5, 5.41) is 12.5. The largest absolute Gasteiger partial charge is 0.477 e. The fourth-order valence-electron chi connectivity index (χ4n) is 5.25. The molecule has 7 nitrogen and oxygen atoms in total. The highest BCUT2D eigenvalue weighted by Crippen LogP contribution is 2.32. The van der Waals surface area contributed by atoms with Crippen molar-refractivity contribution < 1.29 is 14.7 Å². The summed E-state index contributed by atoms with van der Waals surface area (Å²) >= 11 is 1.76. The molecule has 35 heavy (non-hydrogen) atoms. The molecule has 0 radical (unpaired) electrons. The van der Waals surface area contributed by atoms with Gasteiger partial charge in [-0.15, -0.1) is 11.3 Å². The lowest BCUT2D eigenvalue weighted by Crippen LogP contribution is -2.59. The Hall–Kier alpha value is -3.23. The molecule has 3 aromatic rings. The molecule has 0 aliphatic carbocycles. The van der Waals surface area contributed by atoms with E-state index in [1.165, 1.54) is 21.2 Å². The second kappa shape index (κ2) is 9.79. The summed E-state index contributed by atoms with van der Waals surface area (Å²) in [5.74, 6) is -0.849. The number of aromatic nitrogens is 1. The van der Waals surface area contributed by atoms with Crippen LogP contribution in [0.2, 0.25) is 0 Å². The van der Waals surface area contributed by atoms with Crippen molar-refractivity contribution in [3.63, 3.8) is 0 Å². The lowest BCUT2D eigenvalue weighted by atomic mass is 9.96. The van der Waals surface area contributed by atoms with Gasteiger partial charge in [-0.3, -0.25) is 9.69 Å². The number of pyridine rings is 1. The number of benzene rings is 1. The van der Waals surface area contributed by atoms with Crippen LogP contribution >= 0.6 is 11.3 Å².